The third kappa shape index (κ3) is 7.37. The molecule has 10 heavy (non-hydrogen) atoms. The summed E-state index contributed by atoms with van der Waals surface area (Å²) in [6.45, 7) is 1.30. The Labute approximate surface area is 60.0 Å². The van der Waals surface area contributed by atoms with Crippen molar-refractivity contribution in [2.24, 2.45) is 0 Å². The summed E-state index contributed by atoms with van der Waals surface area (Å²) in [4.78, 5) is 0. The minimum atomic E-state index is 0.0260. The Bertz CT molecular complexity index is 99.7. The van der Waals surface area contributed by atoms with Crippen molar-refractivity contribution in [2.45, 2.75) is 0 Å². The Morgan fingerprint density at radius 1 is 1.20 bits per heavy atom. The zero-order valence-electron chi connectivity index (χ0n) is 5.75. The third-order valence-corrected chi connectivity index (χ3v) is 0.774. The summed E-state index contributed by atoms with van der Waals surface area (Å²) in [7, 11) is 0. The molecule has 0 aromatic rings. The van der Waals surface area contributed by atoms with Crippen LogP contribution in [0.4, 0.5) is 0 Å². The molecule has 0 saturated carbocycles. The molecule has 0 amide bonds. The fourth-order valence-electron chi connectivity index (χ4n) is 0.402. The minimum absolute atomic E-state index is 0.0260. The fraction of sp³-hybridized carbons (Fsp3) is 0.833. The second kappa shape index (κ2) is 8.37. The topological polar surface area (TPSA) is 62.5 Å². The maximum Gasteiger partial charge on any atom is 0.133 e. The number of aliphatic hydroxyl groups is 1. The van der Waals surface area contributed by atoms with Crippen LogP contribution < -0.4 is 0 Å². The van der Waals surface area contributed by atoms with Crippen molar-refractivity contribution in [1.29, 1.82) is 5.26 Å². The second-order valence-electron chi connectivity index (χ2n) is 1.55. The summed E-state index contributed by atoms with van der Waals surface area (Å²) < 4.78 is 9.61. The lowest BCUT2D eigenvalue weighted by Crippen LogP contribution is -2.07. The zero-order valence-corrected chi connectivity index (χ0v) is 5.75. The molecule has 0 fully saturated rings. The van der Waals surface area contributed by atoms with Gasteiger partial charge in [0, 0.05) is 0 Å². The van der Waals surface area contributed by atoms with E-state index in [-0.39, 0.29) is 13.2 Å². The van der Waals surface area contributed by atoms with Gasteiger partial charge in [0.1, 0.15) is 6.61 Å². The van der Waals surface area contributed by atoms with Crippen molar-refractivity contribution < 1.29 is 14.6 Å². The molecule has 0 aliphatic carbocycles. The number of rotatable bonds is 6. The molecule has 0 unspecified atom stereocenters. The molecule has 0 aliphatic rings. The van der Waals surface area contributed by atoms with Gasteiger partial charge in [0.25, 0.3) is 0 Å². The molecule has 0 bridgehead atoms. The van der Waals surface area contributed by atoms with Crippen LogP contribution in [0.1, 0.15) is 0 Å². The highest BCUT2D eigenvalue weighted by Gasteiger charge is 1.86. The average Bonchev–Trinajstić information content (AvgIpc) is 1.97. The van der Waals surface area contributed by atoms with E-state index in [9.17, 15) is 0 Å². The Morgan fingerprint density at radius 2 is 1.90 bits per heavy atom. The van der Waals surface area contributed by atoms with E-state index in [2.05, 4.69) is 0 Å². The summed E-state index contributed by atoms with van der Waals surface area (Å²) in [6, 6.07) is 1.83. The van der Waals surface area contributed by atoms with Crippen LogP contribution in [0.5, 0.6) is 0 Å². The number of hydrogen-bond donors (Lipinski definition) is 1. The van der Waals surface area contributed by atoms with Gasteiger partial charge in [0.15, 0.2) is 0 Å². The van der Waals surface area contributed by atoms with Gasteiger partial charge in [-0.05, 0) is 0 Å². The Morgan fingerprint density at radius 3 is 2.50 bits per heavy atom. The molecular weight excluding hydrogens is 134 g/mol. The summed E-state index contributed by atoms with van der Waals surface area (Å²) in [5, 5.41) is 16.3. The molecule has 0 saturated heterocycles. The van der Waals surface area contributed by atoms with Crippen LogP contribution in [-0.2, 0) is 9.47 Å². The maximum atomic E-state index is 8.25. The predicted molar refractivity (Wildman–Crippen MR) is 34.3 cm³/mol. The summed E-state index contributed by atoms with van der Waals surface area (Å²) in [6.07, 6.45) is 0. The van der Waals surface area contributed by atoms with E-state index in [1.807, 2.05) is 6.07 Å². The molecule has 0 radical (unpaired) electrons. The second-order valence-corrected chi connectivity index (χ2v) is 1.55. The first-order valence-electron chi connectivity index (χ1n) is 3.05. The van der Waals surface area contributed by atoms with Crippen molar-refractivity contribution in [1.82, 2.24) is 0 Å². The standard InChI is InChI=1S/C6H11NO3/c7-1-3-9-5-6-10-4-2-8/h8H,2-6H2. The smallest absolute Gasteiger partial charge is 0.133 e. The molecule has 0 aromatic heterocycles. The van der Waals surface area contributed by atoms with Crippen molar-refractivity contribution in [3.63, 3.8) is 0 Å². The van der Waals surface area contributed by atoms with E-state index in [0.29, 0.717) is 19.8 Å². The lowest BCUT2D eigenvalue weighted by molar-refractivity contribution is 0.0421. The van der Waals surface area contributed by atoms with E-state index in [1.54, 1.807) is 0 Å². The van der Waals surface area contributed by atoms with E-state index >= 15 is 0 Å². The lowest BCUT2D eigenvalue weighted by atomic mass is 10.7. The number of nitrogens with zero attached hydrogens (tertiary/aromatic N) is 1. The van der Waals surface area contributed by atoms with Crippen molar-refractivity contribution >= 4 is 0 Å². The normalized spacial score (nSPS) is 9.20. The Kier molecular flexibility index (Phi) is 7.84. The number of ether oxygens (including phenoxy) is 2. The quantitative estimate of drug-likeness (QED) is 0.513. The van der Waals surface area contributed by atoms with Crippen molar-refractivity contribution in [2.75, 3.05) is 33.0 Å². The molecule has 58 valence electrons. The van der Waals surface area contributed by atoms with Crippen LogP contribution in [0.3, 0.4) is 0 Å². The molecule has 0 aromatic carbocycles. The monoisotopic (exact) mass is 145 g/mol. The zero-order chi connectivity index (χ0) is 7.66. The van der Waals surface area contributed by atoms with Gasteiger partial charge in [0.2, 0.25) is 0 Å². The molecule has 4 heteroatoms. The van der Waals surface area contributed by atoms with Crippen LogP contribution in [0, 0.1) is 11.3 Å². The molecule has 0 aliphatic heterocycles. The minimum Gasteiger partial charge on any atom is -0.394 e. The van der Waals surface area contributed by atoms with Crippen LogP contribution in [0.25, 0.3) is 0 Å². The van der Waals surface area contributed by atoms with Gasteiger partial charge >= 0.3 is 0 Å². The van der Waals surface area contributed by atoms with E-state index < -0.39 is 0 Å². The average molecular weight is 145 g/mol. The van der Waals surface area contributed by atoms with E-state index in [1.165, 1.54) is 0 Å². The third-order valence-electron chi connectivity index (χ3n) is 0.774. The molecule has 0 spiro atoms. The summed E-state index contributed by atoms with van der Waals surface area (Å²) in [5.74, 6) is 0. The highest BCUT2D eigenvalue weighted by Crippen LogP contribution is 1.76. The highest BCUT2D eigenvalue weighted by atomic mass is 16.5. The summed E-state index contributed by atoms with van der Waals surface area (Å²) >= 11 is 0. The first-order valence-corrected chi connectivity index (χ1v) is 3.05. The number of hydrogen-bond acceptors (Lipinski definition) is 4. The van der Waals surface area contributed by atoms with Crippen LogP contribution in [0.15, 0.2) is 0 Å². The highest BCUT2D eigenvalue weighted by molar-refractivity contribution is 4.65. The molecule has 0 atom stereocenters. The van der Waals surface area contributed by atoms with Crippen molar-refractivity contribution in [3.8, 4) is 6.07 Å². The van der Waals surface area contributed by atoms with Gasteiger partial charge in [-0.15, -0.1) is 0 Å². The van der Waals surface area contributed by atoms with Gasteiger partial charge < -0.3 is 14.6 Å². The SMILES string of the molecule is N#CCOCCOCCO. The number of aliphatic hydroxyl groups excluding tert-OH is 1. The Hall–Kier alpha value is -0.630. The molecular formula is C6H11NO3. The van der Waals surface area contributed by atoms with Gasteiger partial charge in [-0.2, -0.15) is 5.26 Å². The fourth-order valence-corrected chi connectivity index (χ4v) is 0.402. The summed E-state index contributed by atoms with van der Waals surface area (Å²) in [5.41, 5.74) is 0. The van der Waals surface area contributed by atoms with Gasteiger partial charge in [-0.25, -0.2) is 0 Å². The molecule has 1 N–H and O–H groups in total. The lowest BCUT2D eigenvalue weighted by Gasteiger charge is -1.99. The molecule has 0 rings (SSSR count). The number of nitriles is 1. The van der Waals surface area contributed by atoms with E-state index in [4.69, 9.17) is 19.8 Å². The van der Waals surface area contributed by atoms with E-state index in [0.717, 1.165) is 0 Å². The van der Waals surface area contributed by atoms with Gasteiger partial charge in [-0.3, -0.25) is 0 Å². The van der Waals surface area contributed by atoms with Gasteiger partial charge in [0.05, 0.1) is 32.5 Å². The largest absolute Gasteiger partial charge is 0.394 e. The van der Waals surface area contributed by atoms with Crippen LogP contribution >= 0.6 is 0 Å². The van der Waals surface area contributed by atoms with Crippen LogP contribution in [-0.4, -0.2) is 38.1 Å². The predicted octanol–water partition coefficient (Wildman–Crippen LogP) is -0.465. The van der Waals surface area contributed by atoms with Gasteiger partial charge in [-0.1, -0.05) is 0 Å². The van der Waals surface area contributed by atoms with Crippen molar-refractivity contribution in [3.05, 3.63) is 0 Å². The first kappa shape index (κ1) is 9.37. The maximum absolute atomic E-state index is 8.25. The first-order chi connectivity index (χ1) is 4.91. The van der Waals surface area contributed by atoms with Crippen LogP contribution in [0.2, 0.25) is 0 Å². The Balaban J connectivity index is 2.72. The molecule has 4 nitrogen and oxygen atoms in total. The molecule has 0 heterocycles.